The molecular formula is C31H55FN6O3. The number of alkyl halides is 1. The van der Waals surface area contributed by atoms with E-state index in [0.29, 0.717) is 51.4 Å². The standard InChI is InChI=1S/C24H34FN5O3.C3H9N.2C2H6/c1-3-4-6-20(32)17-28-15-10-24(25,11-16-28)23(33)29-13-8-19(9-14-29)30(18-31)22-21(26-2)7-5-12-27-22;1-4(2)3;2*1-2/h3-7,12,18-19,26,32H,8-11,13-17H2,1-2H3;1-3H3;2*1-2H3/b4-3+,20-6-;;;. The zero-order valence-corrected chi connectivity index (χ0v) is 26.9. The first-order chi connectivity index (χ1) is 19.6. The van der Waals surface area contributed by atoms with Crippen molar-refractivity contribution in [1.82, 2.24) is 19.7 Å². The highest BCUT2D eigenvalue weighted by Crippen LogP contribution is 2.32. The van der Waals surface area contributed by atoms with Crippen molar-refractivity contribution in [2.45, 2.75) is 72.0 Å². The summed E-state index contributed by atoms with van der Waals surface area (Å²) in [6.07, 6.45) is 8.98. The molecule has 41 heavy (non-hydrogen) atoms. The lowest BCUT2D eigenvalue weighted by atomic mass is 9.90. The Balaban J connectivity index is 0.00000180. The van der Waals surface area contributed by atoms with Gasteiger partial charge in [0, 0.05) is 58.3 Å². The van der Waals surface area contributed by atoms with Gasteiger partial charge >= 0.3 is 0 Å². The number of hydrogen-bond donors (Lipinski definition) is 2. The molecule has 2 N–H and O–H groups in total. The van der Waals surface area contributed by atoms with Gasteiger partial charge in [-0.1, -0.05) is 39.8 Å². The highest BCUT2D eigenvalue weighted by molar-refractivity contribution is 5.86. The van der Waals surface area contributed by atoms with Crippen molar-refractivity contribution in [3.63, 3.8) is 0 Å². The second kappa shape index (κ2) is 20.8. The van der Waals surface area contributed by atoms with Crippen LogP contribution < -0.4 is 10.2 Å². The number of allylic oxidation sites excluding steroid dienone is 3. The molecule has 0 bridgehead atoms. The summed E-state index contributed by atoms with van der Waals surface area (Å²) < 4.78 is 15.6. The number of anilines is 2. The molecule has 2 fully saturated rings. The van der Waals surface area contributed by atoms with E-state index in [1.165, 1.54) is 0 Å². The van der Waals surface area contributed by atoms with Gasteiger partial charge in [0.1, 0.15) is 5.76 Å². The van der Waals surface area contributed by atoms with Crippen molar-refractivity contribution in [3.05, 3.63) is 42.3 Å². The molecule has 0 aliphatic carbocycles. The predicted octanol–water partition coefficient (Wildman–Crippen LogP) is 5.13. The summed E-state index contributed by atoms with van der Waals surface area (Å²) in [6.45, 7) is 11.8. The van der Waals surface area contributed by atoms with Crippen molar-refractivity contribution in [3.8, 4) is 0 Å². The quantitative estimate of drug-likeness (QED) is 0.251. The number of rotatable bonds is 8. The van der Waals surface area contributed by atoms with E-state index in [4.69, 9.17) is 0 Å². The number of nitrogens with one attached hydrogen (secondary N) is 1. The van der Waals surface area contributed by atoms with E-state index in [2.05, 4.69) is 10.3 Å². The van der Waals surface area contributed by atoms with Gasteiger partial charge in [0.15, 0.2) is 11.5 Å². The SMILES string of the molecule is C/C=C/C=C(\O)CN1CCC(F)(C(=O)N2CCC(N(C=O)c3ncccc3NC)CC2)CC1.CC.CC.CN(C)C. The molecule has 3 heterocycles. The maximum absolute atomic E-state index is 15.6. The molecule has 1 aromatic rings. The molecule has 10 heteroatoms. The fourth-order valence-electron chi connectivity index (χ4n) is 4.51. The average Bonchev–Trinajstić information content (AvgIpc) is 3.00. The predicted molar refractivity (Wildman–Crippen MR) is 169 cm³/mol. The van der Waals surface area contributed by atoms with Gasteiger partial charge in [-0.25, -0.2) is 9.37 Å². The Morgan fingerprint density at radius 1 is 1.15 bits per heavy atom. The number of aliphatic hydroxyl groups excluding tert-OH is 1. The van der Waals surface area contributed by atoms with Crippen LogP contribution in [0.25, 0.3) is 0 Å². The number of hydrogen-bond acceptors (Lipinski definition) is 7. The Labute approximate surface area is 248 Å². The number of likely N-dealkylation sites (tertiary alicyclic amines) is 2. The summed E-state index contributed by atoms with van der Waals surface area (Å²) in [5.41, 5.74) is -1.12. The first-order valence-electron chi connectivity index (χ1n) is 14.8. The molecule has 0 spiro atoms. The number of piperidine rings is 2. The van der Waals surface area contributed by atoms with Gasteiger partial charge in [0.2, 0.25) is 6.41 Å². The Morgan fingerprint density at radius 3 is 2.20 bits per heavy atom. The molecule has 9 nitrogen and oxygen atoms in total. The van der Waals surface area contributed by atoms with Gasteiger partial charge < -0.3 is 20.2 Å². The number of aromatic nitrogens is 1. The lowest BCUT2D eigenvalue weighted by Gasteiger charge is -2.41. The molecule has 2 aliphatic heterocycles. The molecule has 234 valence electrons. The van der Waals surface area contributed by atoms with Gasteiger partial charge in [-0.15, -0.1) is 0 Å². The minimum atomic E-state index is -1.88. The van der Waals surface area contributed by atoms with E-state index in [0.717, 1.165) is 12.1 Å². The van der Waals surface area contributed by atoms with E-state index in [9.17, 15) is 14.7 Å². The topological polar surface area (TPSA) is 92.2 Å². The molecule has 0 unspecified atom stereocenters. The van der Waals surface area contributed by atoms with E-state index in [1.54, 1.807) is 41.3 Å². The number of carbonyl (C=O) groups excluding carboxylic acids is 2. The van der Waals surface area contributed by atoms with Crippen LogP contribution in [-0.2, 0) is 9.59 Å². The fourth-order valence-corrected chi connectivity index (χ4v) is 4.51. The van der Waals surface area contributed by atoms with Crippen molar-refractivity contribution < 1.29 is 19.1 Å². The molecule has 0 atom stereocenters. The minimum absolute atomic E-state index is 0.0992. The van der Waals surface area contributed by atoms with Crippen LogP contribution in [0.4, 0.5) is 15.9 Å². The van der Waals surface area contributed by atoms with Crippen LogP contribution in [0.3, 0.4) is 0 Å². The molecule has 0 radical (unpaired) electrons. The summed E-state index contributed by atoms with van der Waals surface area (Å²) in [5, 5.41) is 13.0. The average molecular weight is 579 g/mol. The number of pyridine rings is 1. The van der Waals surface area contributed by atoms with Gasteiger partial charge in [-0.3, -0.25) is 19.4 Å². The fraction of sp³-hybridized carbons (Fsp3) is 0.645. The monoisotopic (exact) mass is 578 g/mol. The molecule has 0 aromatic carbocycles. The molecular weight excluding hydrogens is 523 g/mol. The van der Waals surface area contributed by atoms with Gasteiger partial charge in [0.05, 0.1) is 12.2 Å². The van der Waals surface area contributed by atoms with Crippen LogP contribution in [0.2, 0.25) is 0 Å². The van der Waals surface area contributed by atoms with Gasteiger partial charge in [0.25, 0.3) is 5.91 Å². The van der Waals surface area contributed by atoms with Crippen molar-refractivity contribution in [2.24, 2.45) is 0 Å². The normalized spacial score (nSPS) is 17.3. The van der Waals surface area contributed by atoms with Gasteiger partial charge in [-0.2, -0.15) is 0 Å². The third-order valence-corrected chi connectivity index (χ3v) is 6.46. The Kier molecular flexibility index (Phi) is 19.3. The molecule has 0 saturated carbocycles. The second-order valence-corrected chi connectivity index (χ2v) is 9.93. The molecule has 2 amide bonds. The molecule has 2 aliphatic rings. The maximum Gasteiger partial charge on any atom is 0.260 e. The largest absolute Gasteiger partial charge is 0.511 e. The summed E-state index contributed by atoms with van der Waals surface area (Å²) >= 11 is 0. The smallest absolute Gasteiger partial charge is 0.260 e. The van der Waals surface area contributed by atoms with Crippen LogP contribution in [0.1, 0.15) is 60.3 Å². The Morgan fingerprint density at radius 2 is 1.71 bits per heavy atom. The lowest BCUT2D eigenvalue weighted by Crippen LogP contribution is -2.55. The number of aliphatic hydroxyl groups is 1. The number of nitrogens with zero attached hydrogens (tertiary/aromatic N) is 5. The van der Waals surface area contributed by atoms with Crippen molar-refractivity contribution in [2.75, 3.05) is 71.1 Å². The molecule has 1 aromatic heterocycles. The van der Waals surface area contributed by atoms with Crippen LogP contribution in [0.5, 0.6) is 0 Å². The highest BCUT2D eigenvalue weighted by atomic mass is 19.1. The summed E-state index contributed by atoms with van der Waals surface area (Å²) in [5.74, 6) is 0.323. The van der Waals surface area contributed by atoms with E-state index < -0.39 is 11.6 Å². The number of amides is 2. The zero-order chi connectivity index (χ0) is 31.4. The zero-order valence-electron chi connectivity index (χ0n) is 26.9. The van der Waals surface area contributed by atoms with E-state index in [-0.39, 0.29) is 24.6 Å². The third kappa shape index (κ3) is 12.6. The van der Waals surface area contributed by atoms with Crippen molar-refractivity contribution in [1.29, 1.82) is 0 Å². The van der Waals surface area contributed by atoms with Crippen LogP contribution in [0, 0.1) is 0 Å². The van der Waals surface area contributed by atoms with Crippen molar-refractivity contribution >= 4 is 23.8 Å². The highest BCUT2D eigenvalue weighted by Gasteiger charge is 2.45. The number of halogens is 1. The minimum Gasteiger partial charge on any atom is -0.511 e. The lowest BCUT2D eigenvalue weighted by molar-refractivity contribution is -0.148. The number of carbonyl (C=O) groups is 2. The Hall–Kier alpha value is -2.98. The Bertz CT molecular complexity index is 921. The third-order valence-electron chi connectivity index (χ3n) is 6.46. The first kappa shape index (κ1) is 38.0. The first-order valence-corrected chi connectivity index (χ1v) is 14.8. The van der Waals surface area contributed by atoms with Gasteiger partial charge in [-0.05, 0) is 59.1 Å². The van der Waals surface area contributed by atoms with E-state index >= 15 is 4.39 Å². The van der Waals surface area contributed by atoms with Crippen LogP contribution in [-0.4, -0.2) is 110 Å². The van der Waals surface area contributed by atoms with Crippen LogP contribution >= 0.6 is 0 Å². The van der Waals surface area contributed by atoms with Crippen LogP contribution in [0.15, 0.2) is 42.3 Å². The summed E-state index contributed by atoms with van der Waals surface area (Å²) in [7, 11) is 7.77. The summed E-state index contributed by atoms with van der Waals surface area (Å²) in [4.78, 5) is 36.4. The molecule has 3 rings (SSSR count). The summed E-state index contributed by atoms with van der Waals surface area (Å²) in [6, 6.07) is 3.55. The molecule has 2 saturated heterocycles. The van der Waals surface area contributed by atoms with E-state index in [1.807, 2.05) is 77.7 Å². The second-order valence-electron chi connectivity index (χ2n) is 9.93. The maximum atomic E-state index is 15.6.